The van der Waals surface area contributed by atoms with E-state index in [2.05, 4.69) is 28.9 Å². The number of benzene rings is 2. The molecule has 28 heavy (non-hydrogen) atoms. The first-order valence-electron chi connectivity index (χ1n) is 9.78. The van der Waals surface area contributed by atoms with Crippen molar-refractivity contribution in [2.75, 3.05) is 24.7 Å². The van der Waals surface area contributed by atoms with Gasteiger partial charge in [0, 0.05) is 5.56 Å². The third kappa shape index (κ3) is 3.12. The van der Waals surface area contributed by atoms with Gasteiger partial charge in [-0.3, -0.25) is 14.6 Å². The molecule has 5 nitrogen and oxygen atoms in total. The van der Waals surface area contributed by atoms with Gasteiger partial charge in [-0.15, -0.1) is 0 Å². The molecule has 3 heterocycles. The number of likely N-dealkylation sites (tertiary alicyclic amines) is 1. The number of amides is 1. The molecule has 0 saturated carbocycles. The van der Waals surface area contributed by atoms with Gasteiger partial charge in [0.2, 0.25) is 5.13 Å². The first kappa shape index (κ1) is 17.5. The topological polar surface area (TPSA) is 48.8 Å². The van der Waals surface area contributed by atoms with E-state index in [0.29, 0.717) is 17.5 Å². The number of hydrogen-bond donors (Lipinski definition) is 0. The van der Waals surface area contributed by atoms with Crippen molar-refractivity contribution in [1.29, 1.82) is 0 Å². The fourth-order valence-electron chi connectivity index (χ4n) is 3.97. The summed E-state index contributed by atoms with van der Waals surface area (Å²) in [6.45, 7) is 4.80. The monoisotopic (exact) mass is 390 g/mol. The summed E-state index contributed by atoms with van der Waals surface area (Å²) < 4.78 is 1.10. The number of para-hydroxylation sites is 1. The largest absolute Gasteiger partial charge is 0.293 e. The second-order valence-corrected chi connectivity index (χ2v) is 8.51. The Morgan fingerprint density at radius 2 is 1.93 bits per heavy atom. The zero-order chi connectivity index (χ0) is 19.1. The van der Waals surface area contributed by atoms with Crippen LogP contribution in [0.4, 0.5) is 10.8 Å². The third-order valence-electron chi connectivity index (χ3n) is 5.43. The molecule has 142 valence electrons. The highest BCUT2D eigenvalue weighted by Crippen LogP contribution is 2.34. The molecule has 0 spiro atoms. The summed E-state index contributed by atoms with van der Waals surface area (Å²) >= 11 is 1.53. The van der Waals surface area contributed by atoms with Gasteiger partial charge in [0.1, 0.15) is 5.71 Å². The van der Waals surface area contributed by atoms with Crippen LogP contribution in [0.5, 0.6) is 0 Å². The van der Waals surface area contributed by atoms with E-state index in [1.54, 1.807) is 0 Å². The molecule has 3 aromatic rings. The zero-order valence-corrected chi connectivity index (χ0v) is 16.7. The van der Waals surface area contributed by atoms with Crippen molar-refractivity contribution < 1.29 is 4.79 Å². The number of nitrogens with zero attached hydrogens (tertiary/aromatic N) is 4. The molecule has 1 amide bonds. The van der Waals surface area contributed by atoms with Crippen LogP contribution >= 0.6 is 11.3 Å². The number of carbonyl (C=O) groups is 1. The molecule has 0 aliphatic carbocycles. The molecule has 6 heteroatoms. The molecule has 0 N–H and O–H groups in total. The summed E-state index contributed by atoms with van der Waals surface area (Å²) in [6.07, 6.45) is 3.69. The normalized spacial score (nSPS) is 19.0. The fourth-order valence-corrected chi connectivity index (χ4v) is 4.91. The van der Waals surface area contributed by atoms with E-state index >= 15 is 0 Å². The lowest BCUT2D eigenvalue weighted by Gasteiger charge is -2.30. The highest BCUT2D eigenvalue weighted by atomic mass is 32.1. The number of aryl methyl sites for hydroxylation is 1. The number of aromatic nitrogens is 1. The van der Waals surface area contributed by atoms with E-state index in [1.165, 1.54) is 36.2 Å². The molecule has 0 radical (unpaired) electrons. The summed E-state index contributed by atoms with van der Waals surface area (Å²) in [5, 5.41) is 0.638. The van der Waals surface area contributed by atoms with E-state index in [-0.39, 0.29) is 5.91 Å². The highest BCUT2D eigenvalue weighted by molar-refractivity contribution is 7.22. The van der Waals surface area contributed by atoms with Crippen LogP contribution in [0.1, 0.15) is 30.4 Å². The minimum atomic E-state index is -0.0257. The summed E-state index contributed by atoms with van der Waals surface area (Å²) in [4.78, 5) is 26.8. The summed E-state index contributed by atoms with van der Waals surface area (Å²) in [5.74, 6) is -0.0257. The van der Waals surface area contributed by atoms with Crippen LogP contribution in [-0.4, -0.2) is 41.3 Å². The van der Waals surface area contributed by atoms with Crippen molar-refractivity contribution in [2.45, 2.75) is 26.2 Å². The highest BCUT2D eigenvalue weighted by Gasteiger charge is 2.35. The Morgan fingerprint density at radius 3 is 2.79 bits per heavy atom. The number of fused-ring (bicyclic) bond motifs is 2. The third-order valence-corrected chi connectivity index (χ3v) is 6.34. The summed E-state index contributed by atoms with van der Waals surface area (Å²) in [7, 11) is 0. The second kappa shape index (κ2) is 7.11. The maximum Gasteiger partial charge on any atom is 0.278 e. The molecule has 0 bridgehead atoms. The Hall–Kier alpha value is -2.57. The number of rotatable bonds is 3. The van der Waals surface area contributed by atoms with Crippen LogP contribution in [0.15, 0.2) is 47.5 Å². The minimum absolute atomic E-state index is 0.0257. The predicted octanol–water partition coefficient (Wildman–Crippen LogP) is 4.52. The van der Waals surface area contributed by atoms with Crippen LogP contribution in [0.3, 0.4) is 0 Å². The van der Waals surface area contributed by atoms with Crippen molar-refractivity contribution in [3.05, 3.63) is 53.6 Å². The average Bonchev–Trinajstić information content (AvgIpc) is 3.23. The number of anilines is 1. The minimum Gasteiger partial charge on any atom is -0.293 e. The van der Waals surface area contributed by atoms with Crippen molar-refractivity contribution >= 4 is 44.0 Å². The van der Waals surface area contributed by atoms with Crippen LogP contribution in [0, 0.1) is 6.92 Å². The molecule has 5 rings (SSSR count). The summed E-state index contributed by atoms with van der Waals surface area (Å²) in [5.41, 5.74) is 4.49. The standard InChI is InChI=1S/C22H22N4OS/c1-15-9-10-17-19(13-15)28-22(23-17)24-20-16-7-3-4-8-18(16)26(21(20)27)14-25-11-5-2-6-12-25/h3-4,7-10,13H,2,5-6,11-12,14H2,1H3. The zero-order valence-electron chi connectivity index (χ0n) is 15.9. The molecular formula is C22H22N4OS. The molecule has 2 aliphatic rings. The van der Waals surface area contributed by atoms with Crippen molar-refractivity contribution in [3.63, 3.8) is 0 Å². The van der Waals surface area contributed by atoms with E-state index < -0.39 is 0 Å². The molecule has 1 saturated heterocycles. The van der Waals surface area contributed by atoms with Crippen LogP contribution < -0.4 is 4.90 Å². The number of aliphatic imine (C=N–C) groups is 1. The van der Waals surface area contributed by atoms with E-state index in [9.17, 15) is 4.79 Å². The Bertz CT molecular complexity index is 1080. The molecule has 1 fully saturated rings. The molecule has 2 aliphatic heterocycles. The lowest BCUT2D eigenvalue weighted by atomic mass is 10.1. The van der Waals surface area contributed by atoms with E-state index in [1.807, 2.05) is 35.2 Å². The number of piperidine rings is 1. The van der Waals surface area contributed by atoms with Gasteiger partial charge in [0.15, 0.2) is 0 Å². The SMILES string of the molecule is Cc1ccc2nc(N=C3C(=O)N(CN4CCCCC4)c4ccccc43)sc2c1. The molecule has 1 aromatic heterocycles. The summed E-state index contributed by atoms with van der Waals surface area (Å²) in [6, 6.07) is 14.1. The van der Waals surface area contributed by atoms with Crippen molar-refractivity contribution in [2.24, 2.45) is 4.99 Å². The van der Waals surface area contributed by atoms with Gasteiger partial charge in [-0.05, 0) is 56.6 Å². The van der Waals surface area contributed by atoms with Gasteiger partial charge >= 0.3 is 0 Å². The van der Waals surface area contributed by atoms with Crippen molar-refractivity contribution in [3.8, 4) is 0 Å². The molecule has 2 aromatic carbocycles. The Morgan fingerprint density at radius 1 is 1.11 bits per heavy atom. The van der Waals surface area contributed by atoms with Gasteiger partial charge < -0.3 is 0 Å². The van der Waals surface area contributed by atoms with Crippen LogP contribution in [-0.2, 0) is 4.79 Å². The van der Waals surface area contributed by atoms with Gasteiger partial charge in [-0.1, -0.05) is 42.0 Å². The second-order valence-electron chi connectivity index (χ2n) is 7.50. The smallest absolute Gasteiger partial charge is 0.278 e. The van der Waals surface area contributed by atoms with E-state index in [4.69, 9.17) is 4.99 Å². The Labute approximate surface area is 168 Å². The first-order valence-corrected chi connectivity index (χ1v) is 10.6. The Balaban J connectivity index is 1.51. The lowest BCUT2D eigenvalue weighted by Crippen LogP contribution is -2.43. The van der Waals surface area contributed by atoms with Gasteiger partial charge in [-0.2, -0.15) is 0 Å². The molecule has 0 atom stereocenters. The number of carbonyl (C=O) groups excluding carboxylic acids is 1. The van der Waals surface area contributed by atoms with Gasteiger partial charge in [0.05, 0.1) is 22.6 Å². The predicted molar refractivity (Wildman–Crippen MR) is 115 cm³/mol. The maximum atomic E-state index is 13.3. The van der Waals surface area contributed by atoms with Gasteiger partial charge in [0.25, 0.3) is 5.91 Å². The number of hydrogen-bond acceptors (Lipinski definition) is 5. The average molecular weight is 391 g/mol. The number of thiazole rings is 1. The van der Waals surface area contributed by atoms with Crippen LogP contribution in [0.2, 0.25) is 0 Å². The first-order chi connectivity index (χ1) is 13.7. The lowest BCUT2D eigenvalue weighted by molar-refractivity contribution is -0.112. The van der Waals surface area contributed by atoms with Crippen LogP contribution in [0.25, 0.3) is 10.2 Å². The van der Waals surface area contributed by atoms with E-state index in [0.717, 1.165) is 34.6 Å². The van der Waals surface area contributed by atoms with Crippen molar-refractivity contribution in [1.82, 2.24) is 9.88 Å². The molecular weight excluding hydrogens is 368 g/mol. The van der Waals surface area contributed by atoms with Gasteiger partial charge in [-0.25, -0.2) is 9.98 Å². The Kier molecular flexibility index (Phi) is 4.45. The quantitative estimate of drug-likeness (QED) is 0.661. The molecule has 0 unspecified atom stereocenters. The fraction of sp³-hybridized carbons (Fsp3) is 0.318. The maximum absolute atomic E-state index is 13.3.